The number of aromatic amines is 1. The molecule has 0 amide bonds. The third-order valence-electron chi connectivity index (χ3n) is 2.29. The van der Waals surface area contributed by atoms with Crippen molar-refractivity contribution in [1.82, 2.24) is 4.98 Å². The highest BCUT2D eigenvalue weighted by atomic mass is 14.7. The van der Waals surface area contributed by atoms with Crippen molar-refractivity contribution >= 4 is 28.9 Å². The van der Waals surface area contributed by atoms with Gasteiger partial charge >= 0.3 is 0 Å². The molecule has 0 bridgehead atoms. The Kier molecular flexibility index (Phi) is 1.19. The van der Waals surface area contributed by atoms with Gasteiger partial charge in [0.05, 0.1) is 5.69 Å². The lowest BCUT2D eigenvalue weighted by molar-refractivity contribution is 1.47. The minimum absolute atomic E-state index is 1.04. The molecule has 0 fully saturated rings. The topological polar surface area (TPSA) is 28.1 Å². The molecule has 2 aromatic rings. The summed E-state index contributed by atoms with van der Waals surface area (Å²) >= 11 is 0. The van der Waals surface area contributed by atoms with Crippen molar-refractivity contribution in [1.29, 1.82) is 0 Å². The molecule has 2 heterocycles. The number of H-pyrrole nitrogens is 1. The summed E-state index contributed by atoms with van der Waals surface area (Å²) in [6.45, 7) is 0. The first-order chi connectivity index (χ1) is 6.45. The van der Waals surface area contributed by atoms with Crippen molar-refractivity contribution in [2.75, 3.05) is 0 Å². The molecule has 0 unspecified atom stereocenters. The Labute approximate surface area is 75.6 Å². The van der Waals surface area contributed by atoms with Gasteiger partial charge in [-0.25, -0.2) is 0 Å². The van der Waals surface area contributed by atoms with Gasteiger partial charge in [0.25, 0.3) is 0 Å². The van der Waals surface area contributed by atoms with Gasteiger partial charge in [0, 0.05) is 28.9 Å². The second-order valence-corrected chi connectivity index (χ2v) is 3.08. The second-order valence-electron chi connectivity index (χ2n) is 3.08. The van der Waals surface area contributed by atoms with E-state index in [1.807, 2.05) is 30.6 Å². The van der Waals surface area contributed by atoms with Crippen LogP contribution in [-0.2, 0) is 0 Å². The monoisotopic (exact) mass is 168 g/mol. The molecule has 2 heteroatoms. The zero-order chi connectivity index (χ0) is 8.67. The summed E-state index contributed by atoms with van der Waals surface area (Å²) < 4.78 is 0. The Morgan fingerprint density at radius 1 is 1.23 bits per heavy atom. The number of allylic oxidation sites excluding steroid dienone is 1. The van der Waals surface area contributed by atoms with Crippen LogP contribution in [0.2, 0.25) is 0 Å². The summed E-state index contributed by atoms with van der Waals surface area (Å²) in [5.74, 6) is 0. The number of hydrogen-bond donors (Lipinski definition) is 1. The second kappa shape index (κ2) is 2.33. The molecule has 0 saturated carbocycles. The van der Waals surface area contributed by atoms with Crippen LogP contribution in [0.15, 0.2) is 35.5 Å². The number of hydrogen-bond acceptors (Lipinski definition) is 1. The zero-order valence-corrected chi connectivity index (χ0v) is 6.99. The fraction of sp³-hybridized carbons (Fsp3) is 0. The third-order valence-corrected chi connectivity index (χ3v) is 2.29. The van der Waals surface area contributed by atoms with Crippen LogP contribution in [0.1, 0.15) is 5.56 Å². The number of benzene rings is 1. The number of nitrogens with zero attached hydrogens (tertiary/aromatic N) is 1. The highest BCUT2D eigenvalue weighted by Crippen LogP contribution is 2.30. The predicted molar refractivity (Wildman–Crippen MR) is 55.5 cm³/mol. The van der Waals surface area contributed by atoms with Crippen molar-refractivity contribution < 1.29 is 0 Å². The average molecular weight is 168 g/mol. The van der Waals surface area contributed by atoms with Gasteiger partial charge in [-0.3, -0.25) is 4.99 Å². The molecule has 0 radical (unpaired) electrons. The molecule has 62 valence electrons. The molecule has 0 saturated heterocycles. The smallest absolute Gasteiger partial charge is 0.0729 e. The van der Waals surface area contributed by atoms with E-state index in [-0.39, 0.29) is 0 Å². The molecule has 2 nitrogen and oxygen atoms in total. The lowest BCUT2D eigenvalue weighted by Gasteiger charge is -1.95. The SMILES string of the molecule is C1=Cc2c[nH]c3cccc(c23)N=C1. The summed E-state index contributed by atoms with van der Waals surface area (Å²) in [5.41, 5.74) is 3.40. The zero-order valence-electron chi connectivity index (χ0n) is 6.99. The number of nitrogens with one attached hydrogen (secondary N) is 1. The Morgan fingerprint density at radius 2 is 2.23 bits per heavy atom. The maximum absolute atomic E-state index is 4.35. The van der Waals surface area contributed by atoms with Crippen LogP contribution in [0.5, 0.6) is 0 Å². The standard InChI is InChI=1S/C11H8N2/c1-4-9-11-8(3-2-6-12-9)7-13-10(11)5-1/h1-7,13H. The first kappa shape index (κ1) is 6.66. The molecule has 1 aromatic heterocycles. The summed E-state index contributed by atoms with van der Waals surface area (Å²) in [5, 5.41) is 1.22. The van der Waals surface area contributed by atoms with E-state index in [0.717, 1.165) is 11.2 Å². The summed E-state index contributed by atoms with van der Waals surface area (Å²) in [6, 6.07) is 6.11. The van der Waals surface area contributed by atoms with E-state index in [4.69, 9.17) is 0 Å². The van der Waals surface area contributed by atoms with Crippen molar-refractivity contribution in [3.63, 3.8) is 0 Å². The minimum Gasteiger partial charge on any atom is -0.361 e. The van der Waals surface area contributed by atoms with Gasteiger partial charge in [0.1, 0.15) is 0 Å². The molecule has 1 N–H and O–H groups in total. The van der Waals surface area contributed by atoms with Gasteiger partial charge in [-0.05, 0) is 18.2 Å². The van der Waals surface area contributed by atoms with E-state index >= 15 is 0 Å². The van der Waals surface area contributed by atoms with E-state index < -0.39 is 0 Å². The maximum atomic E-state index is 4.35. The molecule has 1 aliphatic rings. The Balaban J connectivity index is 2.56. The Bertz CT molecular complexity index is 518. The third kappa shape index (κ3) is 0.855. The number of aliphatic imine (C=N–C) groups is 1. The van der Waals surface area contributed by atoms with Gasteiger partial charge in [-0.15, -0.1) is 0 Å². The van der Waals surface area contributed by atoms with Crippen LogP contribution in [0.3, 0.4) is 0 Å². The molecule has 1 aliphatic heterocycles. The van der Waals surface area contributed by atoms with Crippen LogP contribution in [-0.4, -0.2) is 11.2 Å². The van der Waals surface area contributed by atoms with Crippen LogP contribution >= 0.6 is 0 Å². The van der Waals surface area contributed by atoms with Crippen molar-refractivity contribution in [2.45, 2.75) is 0 Å². The van der Waals surface area contributed by atoms with Gasteiger partial charge in [0.15, 0.2) is 0 Å². The van der Waals surface area contributed by atoms with Crippen molar-refractivity contribution in [3.05, 3.63) is 36.0 Å². The molecule has 3 rings (SSSR count). The first-order valence-electron chi connectivity index (χ1n) is 4.26. The quantitative estimate of drug-likeness (QED) is 0.626. The summed E-state index contributed by atoms with van der Waals surface area (Å²) in [4.78, 5) is 7.57. The van der Waals surface area contributed by atoms with Crippen LogP contribution in [0, 0.1) is 0 Å². The molecular weight excluding hydrogens is 160 g/mol. The van der Waals surface area contributed by atoms with E-state index in [1.54, 1.807) is 0 Å². The highest BCUT2D eigenvalue weighted by Gasteiger charge is 2.06. The van der Waals surface area contributed by atoms with E-state index in [2.05, 4.69) is 22.1 Å². The first-order valence-corrected chi connectivity index (χ1v) is 4.26. The normalized spacial score (nSPS) is 13.5. The molecule has 0 atom stereocenters. The minimum atomic E-state index is 1.04. The van der Waals surface area contributed by atoms with Crippen LogP contribution < -0.4 is 0 Å². The molecular formula is C11H8N2. The van der Waals surface area contributed by atoms with Crippen molar-refractivity contribution in [3.8, 4) is 0 Å². The molecule has 0 spiro atoms. The summed E-state index contributed by atoms with van der Waals surface area (Å²) in [7, 11) is 0. The predicted octanol–water partition coefficient (Wildman–Crippen LogP) is 2.90. The fourth-order valence-electron chi connectivity index (χ4n) is 1.70. The highest BCUT2D eigenvalue weighted by molar-refractivity contribution is 6.02. The largest absolute Gasteiger partial charge is 0.361 e. The van der Waals surface area contributed by atoms with Crippen LogP contribution in [0.4, 0.5) is 5.69 Å². The molecule has 13 heavy (non-hydrogen) atoms. The van der Waals surface area contributed by atoms with Gasteiger partial charge in [-0.2, -0.15) is 0 Å². The van der Waals surface area contributed by atoms with E-state index in [0.29, 0.717) is 0 Å². The number of rotatable bonds is 0. The molecule has 1 aromatic carbocycles. The molecule has 0 aliphatic carbocycles. The lowest BCUT2D eigenvalue weighted by atomic mass is 10.1. The maximum Gasteiger partial charge on any atom is 0.0729 e. The average Bonchev–Trinajstić information content (AvgIpc) is 2.44. The van der Waals surface area contributed by atoms with Gasteiger partial charge in [0.2, 0.25) is 0 Å². The van der Waals surface area contributed by atoms with Gasteiger partial charge < -0.3 is 4.98 Å². The van der Waals surface area contributed by atoms with E-state index in [1.165, 1.54) is 10.9 Å². The Hall–Kier alpha value is -1.83. The van der Waals surface area contributed by atoms with E-state index in [9.17, 15) is 0 Å². The Morgan fingerprint density at radius 3 is 3.23 bits per heavy atom. The fourth-order valence-corrected chi connectivity index (χ4v) is 1.70. The lowest BCUT2D eigenvalue weighted by Crippen LogP contribution is -1.69. The van der Waals surface area contributed by atoms with Gasteiger partial charge in [-0.1, -0.05) is 12.1 Å². The summed E-state index contributed by atoms with van der Waals surface area (Å²) in [6.07, 6.45) is 7.87. The van der Waals surface area contributed by atoms with Crippen molar-refractivity contribution in [2.24, 2.45) is 4.99 Å². The van der Waals surface area contributed by atoms with Crippen LogP contribution in [0.25, 0.3) is 17.0 Å². The number of aromatic nitrogens is 1.